The Bertz CT molecular complexity index is 425. The van der Waals surface area contributed by atoms with Gasteiger partial charge in [0.15, 0.2) is 0 Å². The standard InChI is InChI=1S/C9H5Cl2NS/c10-6-3-4-12-7(5-6)8-1-2-9(11)13-8/h1-5H. The van der Waals surface area contributed by atoms with Crippen LogP contribution >= 0.6 is 34.5 Å². The van der Waals surface area contributed by atoms with Crippen LogP contribution in [0.5, 0.6) is 0 Å². The summed E-state index contributed by atoms with van der Waals surface area (Å²) >= 11 is 13.1. The van der Waals surface area contributed by atoms with E-state index in [-0.39, 0.29) is 0 Å². The quantitative estimate of drug-likeness (QED) is 0.718. The molecule has 0 radical (unpaired) electrons. The highest BCUT2D eigenvalue weighted by molar-refractivity contribution is 7.19. The second kappa shape index (κ2) is 3.66. The lowest BCUT2D eigenvalue weighted by molar-refractivity contribution is 1.34. The third kappa shape index (κ3) is 2.02. The summed E-state index contributed by atoms with van der Waals surface area (Å²) in [4.78, 5) is 5.23. The summed E-state index contributed by atoms with van der Waals surface area (Å²) in [5.41, 5.74) is 0.865. The Morgan fingerprint density at radius 3 is 2.62 bits per heavy atom. The minimum absolute atomic E-state index is 0.689. The average Bonchev–Trinajstić information content (AvgIpc) is 2.52. The minimum Gasteiger partial charge on any atom is -0.255 e. The highest BCUT2D eigenvalue weighted by atomic mass is 35.5. The molecule has 0 aliphatic heterocycles. The van der Waals surface area contributed by atoms with E-state index < -0.39 is 0 Å². The van der Waals surface area contributed by atoms with Crippen LogP contribution in [0.3, 0.4) is 0 Å². The zero-order valence-electron chi connectivity index (χ0n) is 6.50. The minimum atomic E-state index is 0.689. The number of pyridine rings is 1. The molecule has 13 heavy (non-hydrogen) atoms. The van der Waals surface area contributed by atoms with Gasteiger partial charge in [-0.05, 0) is 24.3 Å². The van der Waals surface area contributed by atoms with E-state index in [1.807, 2.05) is 18.2 Å². The van der Waals surface area contributed by atoms with Crippen LogP contribution in [0.2, 0.25) is 9.36 Å². The van der Waals surface area contributed by atoms with Crippen molar-refractivity contribution in [3.63, 3.8) is 0 Å². The second-order valence-corrected chi connectivity index (χ2v) is 4.61. The van der Waals surface area contributed by atoms with Crippen LogP contribution in [0.4, 0.5) is 0 Å². The van der Waals surface area contributed by atoms with Crippen molar-refractivity contribution in [3.8, 4) is 10.6 Å². The lowest BCUT2D eigenvalue weighted by Gasteiger charge is -1.95. The normalized spacial score (nSPS) is 10.3. The first-order chi connectivity index (χ1) is 6.25. The fraction of sp³-hybridized carbons (Fsp3) is 0. The summed E-state index contributed by atoms with van der Waals surface area (Å²) in [7, 11) is 0. The Balaban J connectivity index is 2.46. The highest BCUT2D eigenvalue weighted by Crippen LogP contribution is 2.30. The Hall–Kier alpha value is -0.570. The van der Waals surface area contributed by atoms with Crippen molar-refractivity contribution in [3.05, 3.63) is 39.8 Å². The number of halogens is 2. The first-order valence-corrected chi connectivity index (χ1v) is 5.20. The third-order valence-corrected chi connectivity index (χ3v) is 3.04. The van der Waals surface area contributed by atoms with E-state index in [1.165, 1.54) is 11.3 Å². The van der Waals surface area contributed by atoms with Crippen molar-refractivity contribution >= 4 is 34.5 Å². The summed E-state index contributed by atoms with van der Waals surface area (Å²) < 4.78 is 0.761. The Morgan fingerprint density at radius 2 is 2.00 bits per heavy atom. The molecule has 66 valence electrons. The van der Waals surface area contributed by atoms with Crippen LogP contribution in [0.1, 0.15) is 0 Å². The number of nitrogens with zero attached hydrogens (tertiary/aromatic N) is 1. The van der Waals surface area contributed by atoms with Gasteiger partial charge in [0, 0.05) is 11.2 Å². The van der Waals surface area contributed by atoms with Crippen LogP contribution in [0.15, 0.2) is 30.5 Å². The number of aromatic nitrogens is 1. The molecule has 0 aromatic carbocycles. The average molecular weight is 230 g/mol. The van der Waals surface area contributed by atoms with Crippen molar-refractivity contribution in [2.45, 2.75) is 0 Å². The lowest BCUT2D eigenvalue weighted by atomic mass is 10.3. The predicted octanol–water partition coefficient (Wildman–Crippen LogP) is 4.12. The lowest BCUT2D eigenvalue weighted by Crippen LogP contribution is -1.77. The zero-order chi connectivity index (χ0) is 9.26. The van der Waals surface area contributed by atoms with Gasteiger partial charge >= 0.3 is 0 Å². The van der Waals surface area contributed by atoms with Gasteiger partial charge in [-0.15, -0.1) is 11.3 Å². The molecule has 2 aromatic rings. The smallest absolute Gasteiger partial charge is 0.0935 e. The molecule has 0 unspecified atom stereocenters. The molecular formula is C9H5Cl2NS. The molecule has 0 saturated carbocycles. The first-order valence-electron chi connectivity index (χ1n) is 3.63. The molecule has 0 N–H and O–H groups in total. The molecule has 4 heteroatoms. The summed E-state index contributed by atoms with van der Waals surface area (Å²) in [6.45, 7) is 0. The fourth-order valence-electron chi connectivity index (χ4n) is 0.991. The Labute approximate surface area is 90.0 Å². The largest absolute Gasteiger partial charge is 0.255 e. The van der Waals surface area contributed by atoms with E-state index in [0.717, 1.165) is 14.9 Å². The van der Waals surface area contributed by atoms with Crippen LogP contribution in [0, 0.1) is 0 Å². The topological polar surface area (TPSA) is 12.9 Å². The van der Waals surface area contributed by atoms with Crippen LogP contribution < -0.4 is 0 Å². The van der Waals surface area contributed by atoms with E-state index in [2.05, 4.69) is 4.98 Å². The molecule has 0 saturated heterocycles. The number of hydrogen-bond acceptors (Lipinski definition) is 2. The molecule has 0 aliphatic rings. The Morgan fingerprint density at radius 1 is 1.15 bits per heavy atom. The molecule has 0 bridgehead atoms. The summed E-state index contributed by atoms with van der Waals surface area (Å²) in [5, 5.41) is 0.689. The van der Waals surface area contributed by atoms with Gasteiger partial charge in [0.25, 0.3) is 0 Å². The molecule has 0 amide bonds. The van der Waals surface area contributed by atoms with Gasteiger partial charge in [0.2, 0.25) is 0 Å². The van der Waals surface area contributed by atoms with Gasteiger partial charge in [-0.2, -0.15) is 0 Å². The number of hydrogen-bond donors (Lipinski definition) is 0. The summed E-state index contributed by atoms with van der Waals surface area (Å²) in [6.07, 6.45) is 1.69. The molecule has 0 atom stereocenters. The monoisotopic (exact) mass is 229 g/mol. The van der Waals surface area contributed by atoms with Gasteiger partial charge in [-0.1, -0.05) is 23.2 Å². The Kier molecular flexibility index (Phi) is 2.54. The van der Waals surface area contributed by atoms with E-state index in [4.69, 9.17) is 23.2 Å². The number of rotatable bonds is 1. The van der Waals surface area contributed by atoms with E-state index in [1.54, 1.807) is 12.3 Å². The summed E-state index contributed by atoms with van der Waals surface area (Å²) in [6, 6.07) is 7.36. The molecule has 1 nitrogen and oxygen atoms in total. The predicted molar refractivity (Wildman–Crippen MR) is 57.6 cm³/mol. The van der Waals surface area contributed by atoms with Crippen molar-refractivity contribution < 1.29 is 0 Å². The molecular weight excluding hydrogens is 225 g/mol. The third-order valence-electron chi connectivity index (χ3n) is 1.55. The van der Waals surface area contributed by atoms with Crippen LogP contribution in [-0.2, 0) is 0 Å². The van der Waals surface area contributed by atoms with E-state index >= 15 is 0 Å². The molecule has 2 heterocycles. The van der Waals surface area contributed by atoms with Crippen LogP contribution in [-0.4, -0.2) is 4.98 Å². The van der Waals surface area contributed by atoms with Crippen molar-refractivity contribution in [2.75, 3.05) is 0 Å². The van der Waals surface area contributed by atoms with E-state index in [9.17, 15) is 0 Å². The molecule has 0 aliphatic carbocycles. The van der Waals surface area contributed by atoms with Crippen LogP contribution in [0.25, 0.3) is 10.6 Å². The van der Waals surface area contributed by atoms with Crippen molar-refractivity contribution in [1.82, 2.24) is 4.98 Å². The maximum absolute atomic E-state index is 5.83. The number of thiophene rings is 1. The first kappa shape index (κ1) is 9.00. The van der Waals surface area contributed by atoms with Crippen molar-refractivity contribution in [1.29, 1.82) is 0 Å². The second-order valence-electron chi connectivity index (χ2n) is 2.46. The van der Waals surface area contributed by atoms with E-state index in [0.29, 0.717) is 5.02 Å². The van der Waals surface area contributed by atoms with Gasteiger partial charge in [0.05, 0.1) is 14.9 Å². The van der Waals surface area contributed by atoms with Gasteiger partial charge < -0.3 is 0 Å². The molecule has 0 spiro atoms. The highest BCUT2D eigenvalue weighted by Gasteiger charge is 2.02. The van der Waals surface area contributed by atoms with Gasteiger partial charge in [-0.25, -0.2) is 0 Å². The molecule has 0 fully saturated rings. The molecule has 2 rings (SSSR count). The zero-order valence-corrected chi connectivity index (χ0v) is 8.83. The fourth-order valence-corrected chi connectivity index (χ4v) is 2.16. The summed E-state index contributed by atoms with van der Waals surface area (Å²) in [5.74, 6) is 0. The van der Waals surface area contributed by atoms with Crippen molar-refractivity contribution in [2.24, 2.45) is 0 Å². The SMILES string of the molecule is Clc1ccnc(-c2ccc(Cl)s2)c1. The molecule has 2 aromatic heterocycles. The maximum atomic E-state index is 5.83. The van der Waals surface area contributed by atoms with Gasteiger partial charge in [-0.3, -0.25) is 4.98 Å². The van der Waals surface area contributed by atoms with Gasteiger partial charge in [0.1, 0.15) is 0 Å². The maximum Gasteiger partial charge on any atom is 0.0935 e.